The lowest BCUT2D eigenvalue weighted by atomic mass is 9.33. The number of nitrogens with zero attached hydrogens (tertiary/aromatic N) is 3. The molecule has 7 aliphatic rings. The van der Waals surface area contributed by atoms with Gasteiger partial charge in [0.05, 0.1) is 5.69 Å². The van der Waals surface area contributed by atoms with Gasteiger partial charge in [-0.15, -0.1) is 0 Å². The number of hydrogen-bond acceptors (Lipinski definition) is 3. The Morgan fingerprint density at radius 3 is 1.42 bits per heavy atom. The maximum absolute atomic E-state index is 2.81. The zero-order valence-corrected chi connectivity index (χ0v) is 49.5. The van der Waals surface area contributed by atoms with Crippen LogP contribution >= 0.6 is 0 Å². The largest absolute Gasteiger partial charge is 0.311 e. The van der Waals surface area contributed by atoms with E-state index in [-0.39, 0.29) is 44.6 Å². The molecule has 392 valence electrons. The summed E-state index contributed by atoms with van der Waals surface area (Å²) in [6.07, 6.45) is 8.73. The average molecular weight is 1010 g/mol. The first-order valence-corrected chi connectivity index (χ1v) is 29.5. The highest BCUT2D eigenvalue weighted by atomic mass is 15.2. The van der Waals surface area contributed by atoms with E-state index in [1.54, 1.807) is 5.56 Å². The van der Waals surface area contributed by atoms with Crippen LogP contribution in [0.15, 0.2) is 109 Å². The van der Waals surface area contributed by atoms with Gasteiger partial charge in [-0.3, -0.25) is 0 Å². The lowest BCUT2D eigenvalue weighted by Crippen LogP contribution is -2.62. The van der Waals surface area contributed by atoms with Crippen LogP contribution in [0, 0.1) is 21.7 Å². The lowest BCUT2D eigenvalue weighted by molar-refractivity contribution is 0.391. The molecular formula is C73H82BN3. The van der Waals surface area contributed by atoms with Crippen molar-refractivity contribution in [1.82, 2.24) is 0 Å². The first kappa shape index (κ1) is 49.3. The molecule has 7 aromatic rings. The van der Waals surface area contributed by atoms with Crippen molar-refractivity contribution in [2.24, 2.45) is 21.7 Å². The molecule has 0 saturated carbocycles. The van der Waals surface area contributed by atoms with Crippen LogP contribution in [0.25, 0.3) is 0 Å². The number of fused-ring (bicyclic) bond motifs is 11. The summed E-state index contributed by atoms with van der Waals surface area (Å²) < 4.78 is 0. The van der Waals surface area contributed by atoms with Crippen molar-refractivity contribution in [3.8, 4) is 0 Å². The van der Waals surface area contributed by atoms with Crippen LogP contribution in [0.4, 0.5) is 51.2 Å². The molecule has 4 aliphatic carbocycles. The second-order valence-electron chi connectivity index (χ2n) is 31.1. The highest BCUT2D eigenvalue weighted by molar-refractivity contribution is 7.00. The molecule has 14 rings (SSSR count). The second-order valence-corrected chi connectivity index (χ2v) is 31.1. The summed E-state index contributed by atoms with van der Waals surface area (Å²) in [5.74, 6) is 0. The van der Waals surface area contributed by atoms with E-state index in [9.17, 15) is 0 Å². The smallest absolute Gasteiger partial charge is 0.252 e. The van der Waals surface area contributed by atoms with Crippen LogP contribution in [0.1, 0.15) is 178 Å². The SMILES string of the molecule is CC1(C)Cc2cc3c(cc2C1)N(c1cccc2c1CC(C)(C)C2)c1cc(C(C)(C)C)cc2c1B3c1cc3c(cc1N2c1cccc2c1CC(C)(C)C2)C(C)(C)c1c(ccc2c1CC(C)(C)C2)N3c1cccc(C(C)(C)C)c1. The van der Waals surface area contributed by atoms with Gasteiger partial charge in [-0.05, 0) is 228 Å². The van der Waals surface area contributed by atoms with E-state index in [0.717, 1.165) is 51.4 Å². The summed E-state index contributed by atoms with van der Waals surface area (Å²) in [6.45, 7) is 39.3. The monoisotopic (exact) mass is 1010 g/mol. The van der Waals surface area contributed by atoms with Gasteiger partial charge < -0.3 is 14.7 Å². The van der Waals surface area contributed by atoms with Crippen molar-refractivity contribution < 1.29 is 0 Å². The molecular weight excluding hydrogens is 930 g/mol. The van der Waals surface area contributed by atoms with Crippen molar-refractivity contribution in [2.75, 3.05) is 14.7 Å². The Hall–Kier alpha value is -6.00. The highest BCUT2D eigenvalue weighted by Gasteiger charge is 2.50. The fourth-order valence-corrected chi connectivity index (χ4v) is 16.4. The first-order valence-electron chi connectivity index (χ1n) is 29.5. The van der Waals surface area contributed by atoms with Gasteiger partial charge in [0.25, 0.3) is 6.71 Å². The van der Waals surface area contributed by atoms with Gasteiger partial charge in [-0.25, -0.2) is 0 Å². The van der Waals surface area contributed by atoms with Gasteiger partial charge in [0.1, 0.15) is 0 Å². The van der Waals surface area contributed by atoms with Crippen LogP contribution < -0.4 is 31.1 Å². The lowest BCUT2D eigenvalue weighted by Gasteiger charge is -2.48. The summed E-state index contributed by atoms with van der Waals surface area (Å²) >= 11 is 0. The topological polar surface area (TPSA) is 9.72 Å². The summed E-state index contributed by atoms with van der Waals surface area (Å²) in [6, 6.07) is 45.2. The zero-order chi connectivity index (χ0) is 54.1. The van der Waals surface area contributed by atoms with Crippen molar-refractivity contribution in [3.63, 3.8) is 0 Å². The molecule has 4 heteroatoms. The molecule has 0 bridgehead atoms. The summed E-state index contributed by atoms with van der Waals surface area (Å²) in [4.78, 5) is 8.31. The molecule has 3 nitrogen and oxygen atoms in total. The van der Waals surface area contributed by atoms with Gasteiger partial charge in [0.2, 0.25) is 0 Å². The van der Waals surface area contributed by atoms with E-state index in [1.165, 1.54) is 129 Å². The Balaban J connectivity index is 1.13. The van der Waals surface area contributed by atoms with Crippen molar-refractivity contribution in [1.29, 1.82) is 0 Å². The zero-order valence-electron chi connectivity index (χ0n) is 49.5. The normalized spacial score (nSPS) is 19.9. The highest BCUT2D eigenvalue weighted by Crippen LogP contribution is 2.59. The van der Waals surface area contributed by atoms with Gasteiger partial charge in [0, 0.05) is 50.9 Å². The van der Waals surface area contributed by atoms with E-state index in [4.69, 9.17) is 0 Å². The third-order valence-corrected chi connectivity index (χ3v) is 19.8. The molecule has 0 saturated heterocycles. The molecule has 0 aromatic heterocycles. The van der Waals surface area contributed by atoms with Crippen molar-refractivity contribution in [3.05, 3.63) is 176 Å². The fraction of sp³-hybridized carbons (Fsp3) is 0.425. The minimum absolute atomic E-state index is 0.000299. The molecule has 0 radical (unpaired) electrons. The number of anilines is 9. The van der Waals surface area contributed by atoms with Gasteiger partial charge in [-0.1, -0.05) is 159 Å². The summed E-state index contributed by atoms with van der Waals surface area (Å²) in [7, 11) is 0. The minimum atomic E-state index is -0.288. The summed E-state index contributed by atoms with van der Waals surface area (Å²) in [5.41, 5.74) is 34.5. The molecule has 3 aliphatic heterocycles. The Bertz CT molecular complexity index is 3730. The van der Waals surface area contributed by atoms with E-state index >= 15 is 0 Å². The Morgan fingerprint density at radius 1 is 0.364 bits per heavy atom. The molecule has 7 aromatic carbocycles. The molecule has 0 atom stereocenters. The van der Waals surface area contributed by atoms with Crippen LogP contribution in [-0.4, -0.2) is 6.71 Å². The number of rotatable bonds is 3. The number of benzene rings is 7. The molecule has 0 unspecified atom stereocenters. The second kappa shape index (κ2) is 15.6. The number of hydrogen-bond donors (Lipinski definition) is 0. The average Bonchev–Trinajstić information content (AvgIpc) is 4.19. The van der Waals surface area contributed by atoms with Crippen LogP contribution in [-0.2, 0) is 67.6 Å². The van der Waals surface area contributed by atoms with E-state index in [1.807, 2.05) is 0 Å². The third-order valence-electron chi connectivity index (χ3n) is 19.8. The van der Waals surface area contributed by atoms with Crippen LogP contribution in [0.5, 0.6) is 0 Å². The molecule has 0 N–H and O–H groups in total. The van der Waals surface area contributed by atoms with Crippen LogP contribution in [0.2, 0.25) is 0 Å². The van der Waals surface area contributed by atoms with Gasteiger partial charge >= 0.3 is 0 Å². The Morgan fingerprint density at radius 2 is 0.844 bits per heavy atom. The molecule has 0 fully saturated rings. The predicted molar refractivity (Wildman–Crippen MR) is 329 cm³/mol. The van der Waals surface area contributed by atoms with Crippen molar-refractivity contribution in [2.45, 2.75) is 178 Å². The maximum Gasteiger partial charge on any atom is 0.252 e. The molecule has 0 spiro atoms. The molecule has 77 heavy (non-hydrogen) atoms. The maximum atomic E-state index is 2.81. The standard InChI is InChI=1S/C73H82BN3/c1-67(2,3)48-22-19-23-50(30-48)75-59-27-26-45-37-72(13,14)42-53(45)65(59)73(15,16)54-33-62-56(34-60(54)75)74-55-28-46-38-69(7,8)39-47(46)29-61(55)76(57-24-17-20-43-35-70(9,10)40-51(43)57)63-31-49(68(4,5)6)32-64(66(63)74)77(62)58-25-18-21-44-36-71(11,12)41-52(44)58/h17-34H,35-42H2,1-16H3. The minimum Gasteiger partial charge on any atom is -0.311 e. The Labute approximate surface area is 462 Å². The van der Waals surface area contributed by atoms with Crippen molar-refractivity contribution >= 4 is 74.3 Å². The Kier molecular flexibility index (Phi) is 10.0. The molecule has 0 amide bonds. The quantitative estimate of drug-likeness (QED) is 0.163. The van der Waals surface area contributed by atoms with Gasteiger partial charge in [0.15, 0.2) is 0 Å². The first-order chi connectivity index (χ1) is 36.1. The predicted octanol–water partition coefficient (Wildman–Crippen LogP) is 17.0. The fourth-order valence-electron chi connectivity index (χ4n) is 16.4. The van der Waals surface area contributed by atoms with Gasteiger partial charge in [-0.2, -0.15) is 0 Å². The van der Waals surface area contributed by atoms with E-state index in [2.05, 4.69) is 235 Å². The van der Waals surface area contributed by atoms with E-state index < -0.39 is 0 Å². The molecule has 3 heterocycles. The third kappa shape index (κ3) is 7.41. The van der Waals surface area contributed by atoms with E-state index in [0.29, 0.717) is 0 Å². The van der Waals surface area contributed by atoms with Crippen LogP contribution in [0.3, 0.4) is 0 Å². The summed E-state index contributed by atoms with van der Waals surface area (Å²) in [5, 5.41) is 0.